The molecule has 126 valence electrons. The molecular weight excluding hydrogens is 334 g/mol. The van der Waals surface area contributed by atoms with Gasteiger partial charge in [0, 0.05) is 27.9 Å². The van der Waals surface area contributed by atoms with E-state index in [1.807, 2.05) is 24.4 Å². The molecule has 0 fully saturated rings. The van der Waals surface area contributed by atoms with Gasteiger partial charge in [0.1, 0.15) is 5.69 Å². The second-order valence-electron chi connectivity index (χ2n) is 6.09. The quantitative estimate of drug-likeness (QED) is 0.782. The molecule has 0 unspecified atom stereocenters. The number of hydrogen-bond donors (Lipinski definition) is 1. The lowest BCUT2D eigenvalue weighted by Crippen LogP contribution is -2.17. The average molecular weight is 351 g/mol. The minimum atomic E-state index is -0.210. The van der Waals surface area contributed by atoms with Gasteiger partial charge in [-0.05, 0) is 61.8 Å². The third-order valence-corrected chi connectivity index (χ3v) is 4.92. The molecule has 6 nitrogen and oxygen atoms in total. The van der Waals surface area contributed by atoms with E-state index in [4.69, 9.17) is 0 Å². The van der Waals surface area contributed by atoms with Crippen molar-refractivity contribution in [2.75, 3.05) is 5.32 Å². The minimum Gasteiger partial charge on any atom is -0.290 e. The van der Waals surface area contributed by atoms with Crippen LogP contribution < -0.4 is 5.32 Å². The van der Waals surface area contributed by atoms with Crippen molar-refractivity contribution in [1.29, 1.82) is 0 Å². The Morgan fingerprint density at radius 2 is 1.92 bits per heavy atom. The zero-order valence-electron chi connectivity index (χ0n) is 13.8. The summed E-state index contributed by atoms with van der Waals surface area (Å²) in [6.07, 6.45) is 4.31. The monoisotopic (exact) mass is 351 g/mol. The first-order valence-electron chi connectivity index (χ1n) is 8.26. The molecule has 0 saturated carbocycles. The second kappa shape index (κ2) is 6.68. The number of hydrogen-bond acceptors (Lipinski definition) is 6. The van der Waals surface area contributed by atoms with Gasteiger partial charge in [-0.15, -0.1) is 5.10 Å². The number of nitrogens with zero attached hydrogens (tertiary/aromatic N) is 4. The normalized spacial score (nSPS) is 13.3. The Hall–Kier alpha value is -2.67. The fourth-order valence-corrected chi connectivity index (χ4v) is 3.56. The van der Waals surface area contributed by atoms with Gasteiger partial charge >= 0.3 is 0 Å². The van der Waals surface area contributed by atoms with Crippen LogP contribution in [0.25, 0.3) is 11.3 Å². The van der Waals surface area contributed by atoms with E-state index in [1.165, 1.54) is 23.5 Å². The molecule has 2 heterocycles. The summed E-state index contributed by atoms with van der Waals surface area (Å²) in [5.41, 5.74) is 5.58. The topological polar surface area (TPSA) is 80.7 Å². The number of carbonyl (C=O) groups is 1. The van der Waals surface area contributed by atoms with Crippen LogP contribution in [0.5, 0.6) is 0 Å². The van der Waals surface area contributed by atoms with Crippen LogP contribution in [0.3, 0.4) is 0 Å². The lowest BCUT2D eigenvalue weighted by molar-refractivity contribution is 0.102. The minimum absolute atomic E-state index is 0.210. The Kier molecular flexibility index (Phi) is 4.23. The SMILES string of the molecule is Cc1nc(NC(=O)c2ccc(-c3csnn3)cc2)nc2c1CCCC2. The number of aromatic nitrogens is 4. The number of amides is 1. The summed E-state index contributed by atoms with van der Waals surface area (Å²) in [4.78, 5) is 21.5. The Labute approximate surface area is 149 Å². The zero-order chi connectivity index (χ0) is 17.2. The fourth-order valence-electron chi connectivity index (χ4n) is 3.09. The third kappa shape index (κ3) is 3.28. The van der Waals surface area contributed by atoms with Crippen LogP contribution in [0.2, 0.25) is 0 Å². The van der Waals surface area contributed by atoms with E-state index in [1.54, 1.807) is 12.1 Å². The van der Waals surface area contributed by atoms with Crippen molar-refractivity contribution in [3.63, 3.8) is 0 Å². The lowest BCUT2D eigenvalue weighted by atomic mass is 9.95. The highest BCUT2D eigenvalue weighted by atomic mass is 32.1. The van der Waals surface area contributed by atoms with Crippen molar-refractivity contribution in [2.24, 2.45) is 0 Å². The molecule has 1 N–H and O–H groups in total. The number of carbonyl (C=O) groups excluding carboxylic acids is 1. The van der Waals surface area contributed by atoms with Crippen molar-refractivity contribution in [3.05, 3.63) is 52.2 Å². The van der Waals surface area contributed by atoms with Crippen LogP contribution in [0.15, 0.2) is 29.6 Å². The van der Waals surface area contributed by atoms with Crippen molar-refractivity contribution < 1.29 is 4.79 Å². The first-order valence-corrected chi connectivity index (χ1v) is 9.09. The first-order chi connectivity index (χ1) is 12.2. The van der Waals surface area contributed by atoms with Gasteiger partial charge < -0.3 is 0 Å². The predicted molar refractivity (Wildman–Crippen MR) is 96.7 cm³/mol. The number of aryl methyl sites for hydroxylation is 2. The molecule has 0 bridgehead atoms. The molecule has 2 aromatic heterocycles. The highest BCUT2D eigenvalue weighted by molar-refractivity contribution is 7.03. The summed E-state index contributed by atoms with van der Waals surface area (Å²) >= 11 is 1.30. The van der Waals surface area contributed by atoms with Crippen LogP contribution in [0.1, 0.15) is 40.2 Å². The van der Waals surface area contributed by atoms with E-state index >= 15 is 0 Å². The molecule has 0 aliphatic heterocycles. The summed E-state index contributed by atoms with van der Waals surface area (Å²) in [6, 6.07) is 7.28. The molecule has 1 aliphatic carbocycles. The van der Waals surface area contributed by atoms with Crippen molar-refractivity contribution >= 4 is 23.4 Å². The second-order valence-corrected chi connectivity index (χ2v) is 6.70. The summed E-state index contributed by atoms with van der Waals surface area (Å²) in [6.45, 7) is 1.98. The van der Waals surface area contributed by atoms with Gasteiger partial charge in [-0.25, -0.2) is 9.97 Å². The standard InChI is InChI=1S/C18H17N5OS/c1-11-14-4-2-3-5-15(14)20-18(19-11)21-17(24)13-8-6-12(7-9-13)16-10-25-23-22-16/h6-10H,2-5H2,1H3,(H,19,20,21,24). The molecule has 4 rings (SSSR count). The molecular formula is C18H17N5OS. The fraction of sp³-hybridized carbons (Fsp3) is 0.278. The van der Waals surface area contributed by atoms with E-state index in [-0.39, 0.29) is 5.91 Å². The molecule has 0 saturated heterocycles. The summed E-state index contributed by atoms with van der Waals surface area (Å²) in [7, 11) is 0. The zero-order valence-corrected chi connectivity index (χ0v) is 14.6. The van der Waals surface area contributed by atoms with Crippen molar-refractivity contribution in [2.45, 2.75) is 32.6 Å². The van der Waals surface area contributed by atoms with Gasteiger partial charge in [-0.3, -0.25) is 10.1 Å². The van der Waals surface area contributed by atoms with Gasteiger partial charge in [0.25, 0.3) is 5.91 Å². The summed E-state index contributed by atoms with van der Waals surface area (Å²) < 4.78 is 3.85. The number of nitrogens with one attached hydrogen (secondary N) is 1. The molecule has 7 heteroatoms. The highest BCUT2D eigenvalue weighted by Crippen LogP contribution is 2.23. The Bertz CT molecular complexity index is 906. The van der Waals surface area contributed by atoms with E-state index in [9.17, 15) is 4.79 Å². The van der Waals surface area contributed by atoms with E-state index in [0.717, 1.165) is 41.9 Å². The molecule has 0 atom stereocenters. The molecule has 1 amide bonds. The van der Waals surface area contributed by atoms with Gasteiger partial charge in [0.05, 0.1) is 0 Å². The van der Waals surface area contributed by atoms with Crippen LogP contribution in [-0.4, -0.2) is 25.5 Å². The molecule has 1 aliphatic rings. The third-order valence-electron chi connectivity index (χ3n) is 4.42. The predicted octanol–water partition coefficient (Wildman–Crippen LogP) is 3.43. The maximum absolute atomic E-state index is 12.5. The van der Waals surface area contributed by atoms with Crippen molar-refractivity contribution in [1.82, 2.24) is 19.6 Å². The van der Waals surface area contributed by atoms with Gasteiger partial charge in [-0.1, -0.05) is 16.6 Å². The van der Waals surface area contributed by atoms with Crippen LogP contribution >= 0.6 is 11.5 Å². The Morgan fingerprint density at radius 3 is 2.68 bits per heavy atom. The van der Waals surface area contributed by atoms with Gasteiger partial charge in [0.15, 0.2) is 0 Å². The largest absolute Gasteiger partial charge is 0.290 e. The van der Waals surface area contributed by atoms with Crippen molar-refractivity contribution in [3.8, 4) is 11.3 Å². The molecule has 0 radical (unpaired) electrons. The van der Waals surface area contributed by atoms with E-state index in [0.29, 0.717) is 11.5 Å². The number of benzene rings is 1. The number of anilines is 1. The maximum atomic E-state index is 12.5. The Balaban J connectivity index is 1.53. The summed E-state index contributed by atoms with van der Waals surface area (Å²) in [5, 5.41) is 8.72. The Morgan fingerprint density at radius 1 is 1.12 bits per heavy atom. The lowest BCUT2D eigenvalue weighted by Gasteiger charge is -2.17. The molecule has 1 aromatic carbocycles. The van der Waals surface area contributed by atoms with E-state index in [2.05, 4.69) is 24.9 Å². The molecule has 0 spiro atoms. The maximum Gasteiger partial charge on any atom is 0.258 e. The van der Waals surface area contributed by atoms with E-state index < -0.39 is 0 Å². The highest BCUT2D eigenvalue weighted by Gasteiger charge is 2.17. The van der Waals surface area contributed by atoms with Gasteiger partial charge in [-0.2, -0.15) is 0 Å². The first kappa shape index (κ1) is 15.8. The summed E-state index contributed by atoms with van der Waals surface area (Å²) in [5.74, 6) is 0.175. The smallest absolute Gasteiger partial charge is 0.258 e. The van der Waals surface area contributed by atoms with Crippen LogP contribution in [-0.2, 0) is 12.8 Å². The van der Waals surface area contributed by atoms with Crippen LogP contribution in [0, 0.1) is 6.92 Å². The van der Waals surface area contributed by atoms with Gasteiger partial charge in [0.2, 0.25) is 5.95 Å². The number of fused-ring (bicyclic) bond motifs is 1. The average Bonchev–Trinajstić information content (AvgIpc) is 3.16. The molecule has 3 aromatic rings. The van der Waals surface area contributed by atoms with Crippen LogP contribution in [0.4, 0.5) is 5.95 Å². The number of rotatable bonds is 3. The molecule has 25 heavy (non-hydrogen) atoms.